The van der Waals surface area contributed by atoms with Crippen LogP contribution in [0.3, 0.4) is 0 Å². The van der Waals surface area contributed by atoms with E-state index < -0.39 is 19.0 Å². The molecule has 6 rings (SSSR count). The predicted molar refractivity (Wildman–Crippen MR) is 138 cm³/mol. The second kappa shape index (κ2) is 8.71. The Morgan fingerprint density at radius 1 is 1.06 bits per heavy atom. The number of fused-ring (bicyclic) bond motifs is 1. The molecule has 0 saturated carbocycles. The summed E-state index contributed by atoms with van der Waals surface area (Å²) in [5.74, 6) is -1.33. The quantitative estimate of drug-likeness (QED) is 0.508. The molecule has 1 aromatic carbocycles. The topological polar surface area (TPSA) is 97.2 Å². The molecule has 2 aromatic heterocycles. The maximum Gasteiger partial charge on any atom is 0.282 e. The molecule has 11 heteroatoms. The van der Waals surface area contributed by atoms with Gasteiger partial charge in [0.2, 0.25) is 0 Å². The number of hydrogen-bond acceptors (Lipinski definition) is 8. The number of benzene rings is 1. The lowest BCUT2D eigenvalue weighted by atomic mass is 9.73. The summed E-state index contributed by atoms with van der Waals surface area (Å²) in [6.07, 6.45) is 6.25. The molecule has 0 bridgehead atoms. The van der Waals surface area contributed by atoms with E-state index in [4.69, 9.17) is 23.1 Å². The first-order chi connectivity index (χ1) is 17.2. The number of aromatic nitrogens is 3. The summed E-state index contributed by atoms with van der Waals surface area (Å²) in [6.45, 7) is 0.891. The van der Waals surface area contributed by atoms with Crippen LogP contribution in [0.5, 0.6) is 0 Å². The average Bonchev–Trinajstić information content (AvgIpc) is 3.11. The van der Waals surface area contributed by atoms with E-state index in [2.05, 4.69) is 44.1 Å². The van der Waals surface area contributed by atoms with Crippen molar-refractivity contribution in [3.05, 3.63) is 58.9 Å². The van der Waals surface area contributed by atoms with Gasteiger partial charge in [-0.25, -0.2) is 23.7 Å². The Hall–Kier alpha value is -2.69. The van der Waals surface area contributed by atoms with Gasteiger partial charge < -0.3 is 21.3 Å². The molecule has 1 spiro atoms. The molecule has 1 atom stereocenters. The Balaban J connectivity index is 1.14. The van der Waals surface area contributed by atoms with Crippen LogP contribution in [0.25, 0.3) is 0 Å². The van der Waals surface area contributed by atoms with Crippen molar-refractivity contribution in [3.8, 4) is 0 Å². The summed E-state index contributed by atoms with van der Waals surface area (Å²) >= 11 is 7.74. The minimum Gasteiger partial charge on any atom is -0.381 e. The molecule has 7 nitrogen and oxygen atoms in total. The molecule has 0 amide bonds. The van der Waals surface area contributed by atoms with Gasteiger partial charge in [0.15, 0.2) is 5.82 Å². The third kappa shape index (κ3) is 4.05. The Kier molecular flexibility index (Phi) is 5.73. The molecule has 3 aliphatic rings. The smallest absolute Gasteiger partial charge is 0.282 e. The van der Waals surface area contributed by atoms with Crippen LogP contribution in [0.4, 0.5) is 26.2 Å². The lowest BCUT2D eigenvalue weighted by molar-refractivity contribution is -0.0267. The van der Waals surface area contributed by atoms with Gasteiger partial charge >= 0.3 is 0 Å². The van der Waals surface area contributed by atoms with Crippen LogP contribution in [0.15, 0.2) is 52.6 Å². The van der Waals surface area contributed by atoms with Gasteiger partial charge in [-0.1, -0.05) is 47.6 Å². The van der Waals surface area contributed by atoms with Crippen LogP contribution in [0.1, 0.15) is 30.0 Å². The minimum absolute atomic E-state index is 0.0586. The van der Waals surface area contributed by atoms with Crippen molar-refractivity contribution in [3.63, 3.8) is 0 Å². The van der Waals surface area contributed by atoms with Gasteiger partial charge in [0.05, 0.1) is 24.3 Å². The van der Waals surface area contributed by atoms with E-state index in [1.165, 1.54) is 27.8 Å². The van der Waals surface area contributed by atoms with Crippen LogP contribution in [0.2, 0.25) is 5.02 Å². The van der Waals surface area contributed by atoms with Gasteiger partial charge in [0.1, 0.15) is 16.7 Å². The molecular weight excluding hydrogens is 504 g/mol. The van der Waals surface area contributed by atoms with Gasteiger partial charge in [0, 0.05) is 30.2 Å². The van der Waals surface area contributed by atoms with E-state index in [0.29, 0.717) is 26.6 Å². The maximum atomic E-state index is 13.3. The van der Waals surface area contributed by atoms with Crippen LogP contribution in [-0.4, -0.2) is 47.1 Å². The number of alkyl halides is 2. The lowest BCUT2D eigenvalue weighted by Crippen LogP contribution is -2.56. The molecular formula is C25H26ClF2N7S. The lowest BCUT2D eigenvalue weighted by Gasteiger charge is -2.42. The Bertz CT molecular complexity index is 1310. The molecule has 4 heterocycles. The van der Waals surface area contributed by atoms with Crippen molar-refractivity contribution in [2.75, 3.05) is 41.7 Å². The van der Waals surface area contributed by atoms with Crippen molar-refractivity contribution in [1.82, 2.24) is 15.0 Å². The Morgan fingerprint density at radius 3 is 2.50 bits per heavy atom. The van der Waals surface area contributed by atoms with Crippen molar-refractivity contribution >= 4 is 40.8 Å². The van der Waals surface area contributed by atoms with E-state index in [0.717, 1.165) is 38.2 Å². The number of hydrogen-bond donors (Lipinski definition) is 2. The number of nitrogen functional groups attached to an aromatic ring is 1. The second-order valence-corrected chi connectivity index (χ2v) is 11.3. The highest BCUT2D eigenvalue weighted by molar-refractivity contribution is 7.99. The highest BCUT2D eigenvalue weighted by Crippen LogP contribution is 2.51. The third-order valence-corrected chi connectivity index (χ3v) is 9.17. The van der Waals surface area contributed by atoms with Crippen molar-refractivity contribution < 1.29 is 8.78 Å². The number of rotatable bonds is 4. The molecule has 0 unspecified atom stereocenters. The zero-order valence-electron chi connectivity index (χ0n) is 19.5. The van der Waals surface area contributed by atoms with Gasteiger partial charge in [-0.15, -0.1) is 0 Å². The molecule has 4 N–H and O–H groups in total. The van der Waals surface area contributed by atoms with Crippen molar-refractivity contribution in [1.29, 1.82) is 0 Å². The van der Waals surface area contributed by atoms with E-state index in [9.17, 15) is 8.78 Å². The summed E-state index contributed by atoms with van der Waals surface area (Å²) in [7, 11) is 0. The largest absolute Gasteiger partial charge is 0.381 e. The fraction of sp³-hybridized carbons (Fsp3) is 0.400. The van der Waals surface area contributed by atoms with Crippen molar-refractivity contribution in [2.24, 2.45) is 11.1 Å². The number of nitrogens with zero attached hydrogens (tertiary/aromatic N) is 5. The molecule has 188 valence electrons. The fourth-order valence-electron chi connectivity index (χ4n) is 5.58. The summed E-state index contributed by atoms with van der Waals surface area (Å²) in [5.41, 5.74) is 15.7. The summed E-state index contributed by atoms with van der Waals surface area (Å²) < 4.78 is 26.6. The summed E-state index contributed by atoms with van der Waals surface area (Å²) in [5, 5.41) is 0.812. The number of pyridine rings is 1. The van der Waals surface area contributed by atoms with Crippen LogP contribution in [-0.2, 0) is 6.42 Å². The van der Waals surface area contributed by atoms with Gasteiger partial charge in [-0.3, -0.25) is 0 Å². The molecule has 1 aliphatic carbocycles. The zero-order valence-corrected chi connectivity index (χ0v) is 21.1. The monoisotopic (exact) mass is 529 g/mol. The van der Waals surface area contributed by atoms with E-state index >= 15 is 0 Å². The highest BCUT2D eigenvalue weighted by Gasteiger charge is 2.46. The zero-order chi connectivity index (χ0) is 25.1. The molecule has 36 heavy (non-hydrogen) atoms. The van der Waals surface area contributed by atoms with E-state index in [-0.39, 0.29) is 11.5 Å². The minimum atomic E-state index is -2.71. The number of halogens is 3. The van der Waals surface area contributed by atoms with Crippen LogP contribution >= 0.6 is 23.4 Å². The first-order valence-electron chi connectivity index (χ1n) is 11.9. The van der Waals surface area contributed by atoms with Gasteiger partial charge in [0.25, 0.3) is 5.92 Å². The average molecular weight is 530 g/mol. The molecule has 0 radical (unpaired) electrons. The van der Waals surface area contributed by atoms with Crippen LogP contribution < -0.4 is 21.3 Å². The number of nitrogens with two attached hydrogens (primary N) is 2. The molecule has 2 saturated heterocycles. The standard InChI is InChI=1S/C25H26ClF2N7S/c26-19-17(5-8-31-22(19)35-13-25(27,28)14-35)36-23-21(30)33-18(12-32-23)34-9-6-24(7-10-34)11-15-3-1-2-4-16(15)20(24)29/h1-5,8,12,20H,6-7,9-11,13-14,29H2,(H2,30,33)/t20-/m1/s1. The first-order valence-corrected chi connectivity index (χ1v) is 13.1. The normalized spacial score (nSPS) is 21.9. The van der Waals surface area contributed by atoms with E-state index in [1.54, 1.807) is 18.5 Å². The fourth-order valence-corrected chi connectivity index (χ4v) is 6.70. The molecule has 3 aromatic rings. The van der Waals surface area contributed by atoms with Gasteiger partial charge in [-0.05, 0) is 41.9 Å². The number of anilines is 3. The number of piperidine rings is 1. The SMILES string of the molecule is Nc1nc(N2CCC3(CC2)Cc2ccccc2[C@H]3N)cnc1Sc1ccnc(N2CC(F)(F)C2)c1Cl. The second-order valence-electron chi connectivity index (χ2n) is 9.88. The van der Waals surface area contributed by atoms with Crippen molar-refractivity contribution in [2.45, 2.75) is 41.1 Å². The Morgan fingerprint density at radius 2 is 1.81 bits per heavy atom. The maximum absolute atomic E-state index is 13.3. The highest BCUT2D eigenvalue weighted by atomic mass is 35.5. The van der Waals surface area contributed by atoms with Gasteiger partial charge in [-0.2, -0.15) is 0 Å². The first kappa shape index (κ1) is 23.7. The summed E-state index contributed by atoms with van der Waals surface area (Å²) in [6, 6.07) is 10.3. The Labute approximate surface area is 217 Å². The van der Waals surface area contributed by atoms with E-state index in [1.807, 2.05) is 0 Å². The van der Waals surface area contributed by atoms with Crippen LogP contribution in [0, 0.1) is 5.41 Å². The molecule has 2 aliphatic heterocycles. The third-order valence-electron chi connectivity index (χ3n) is 7.61. The summed E-state index contributed by atoms with van der Waals surface area (Å²) in [4.78, 5) is 17.7. The molecule has 2 fully saturated rings. The predicted octanol–water partition coefficient (Wildman–Crippen LogP) is 4.56.